The molecule has 2 aliphatic heterocycles. The SMILES string of the molecule is CC(C)c1c(C(=O)Nc2ccccc2)c(-c2ccccc2)c(-c2ccc(F)cc2)n1CC[C@@H]1C[C@H](CC(=O)NCC[C@H]2CCC(C)(C)O[C@@H](CC(=O)OC(C)(C)C)C2)OC(C)(C)O1. The summed E-state index contributed by atoms with van der Waals surface area (Å²) in [7, 11) is 0. The summed E-state index contributed by atoms with van der Waals surface area (Å²) in [6.45, 7) is 18.7. The predicted molar refractivity (Wildman–Crippen MR) is 246 cm³/mol. The number of anilines is 1. The smallest absolute Gasteiger partial charge is 0.308 e. The quantitative estimate of drug-likeness (QED) is 0.114. The predicted octanol–water partition coefficient (Wildman–Crippen LogP) is 11.2. The highest BCUT2D eigenvalue weighted by molar-refractivity contribution is 6.12. The van der Waals surface area contributed by atoms with Crippen LogP contribution in [0.25, 0.3) is 22.4 Å². The Morgan fingerprint density at radius 3 is 2.10 bits per heavy atom. The fourth-order valence-electron chi connectivity index (χ4n) is 9.25. The van der Waals surface area contributed by atoms with Gasteiger partial charge in [-0.05, 0) is 140 Å². The lowest BCUT2D eigenvalue weighted by Crippen LogP contribution is -2.46. The second kappa shape index (κ2) is 20.3. The van der Waals surface area contributed by atoms with Crippen molar-refractivity contribution in [3.8, 4) is 22.4 Å². The van der Waals surface area contributed by atoms with Crippen molar-refractivity contribution in [1.29, 1.82) is 0 Å². The monoisotopic (exact) mass is 866 g/mol. The minimum atomic E-state index is -0.933. The van der Waals surface area contributed by atoms with Crippen LogP contribution < -0.4 is 10.6 Å². The van der Waals surface area contributed by atoms with Crippen LogP contribution in [-0.2, 0) is 35.1 Å². The largest absolute Gasteiger partial charge is 0.460 e. The van der Waals surface area contributed by atoms with Crippen molar-refractivity contribution in [3.05, 3.63) is 102 Å². The molecule has 340 valence electrons. The highest BCUT2D eigenvalue weighted by atomic mass is 19.1. The summed E-state index contributed by atoms with van der Waals surface area (Å²) in [5.41, 5.74) is 4.48. The summed E-state index contributed by atoms with van der Waals surface area (Å²) in [6, 6.07) is 25.7. The maximum absolute atomic E-state index is 14.5. The normalized spacial score (nSPS) is 21.1. The Morgan fingerprint density at radius 2 is 1.44 bits per heavy atom. The summed E-state index contributed by atoms with van der Waals surface area (Å²) in [5, 5.41) is 6.29. The standard InChI is InChI=1S/C52H68FN3O7/c1-34(2)47-46(49(59)55-39-18-14-11-15-19-39)45(36-16-12-10-13-17-36)48(37-20-22-38(53)23-21-37)56(47)29-26-40-31-42(62-52(8,9)61-40)32-43(57)54-28-25-35-24-27-51(6,7)60-41(30-35)33-44(58)63-50(3,4)5/h10-23,34-35,40-42H,24-33H2,1-9H3,(H,54,57)(H,55,59)/t35-,40-,41-,42-/m1/s1. The Balaban J connectivity index is 1.18. The number of aromatic nitrogens is 1. The van der Waals surface area contributed by atoms with E-state index in [-0.39, 0.29) is 66.3 Å². The van der Waals surface area contributed by atoms with Crippen molar-refractivity contribution in [2.75, 3.05) is 11.9 Å². The van der Waals surface area contributed by atoms with Gasteiger partial charge in [-0.15, -0.1) is 0 Å². The van der Waals surface area contributed by atoms with Crippen molar-refractivity contribution >= 4 is 23.5 Å². The van der Waals surface area contributed by atoms with Crippen LogP contribution in [0.1, 0.15) is 136 Å². The van der Waals surface area contributed by atoms with E-state index in [4.69, 9.17) is 18.9 Å². The molecule has 0 saturated carbocycles. The van der Waals surface area contributed by atoms with Crippen LogP contribution in [0.2, 0.25) is 0 Å². The molecule has 2 fully saturated rings. The van der Waals surface area contributed by atoms with Crippen LogP contribution in [0.15, 0.2) is 84.9 Å². The molecule has 0 radical (unpaired) electrons. The molecule has 3 heterocycles. The lowest BCUT2D eigenvalue weighted by Gasteiger charge is -2.41. The molecule has 4 atom stereocenters. The number of halogens is 1. The lowest BCUT2D eigenvalue weighted by molar-refractivity contribution is -0.300. The van der Waals surface area contributed by atoms with Crippen LogP contribution in [0, 0.1) is 11.7 Å². The Bertz CT molecular complexity index is 2160. The molecule has 10 nitrogen and oxygen atoms in total. The number of rotatable bonds is 15. The Hall–Kier alpha value is -4.84. The van der Waals surface area contributed by atoms with Gasteiger partial charge in [0.05, 0.1) is 48.0 Å². The van der Waals surface area contributed by atoms with Gasteiger partial charge in [0.25, 0.3) is 5.91 Å². The van der Waals surface area contributed by atoms with Gasteiger partial charge >= 0.3 is 5.97 Å². The highest BCUT2D eigenvalue weighted by Gasteiger charge is 2.38. The van der Waals surface area contributed by atoms with Crippen molar-refractivity contribution in [3.63, 3.8) is 0 Å². The lowest BCUT2D eigenvalue weighted by atomic mass is 9.90. The second-order valence-corrected chi connectivity index (χ2v) is 19.7. The average molecular weight is 866 g/mol. The molecular weight excluding hydrogens is 798 g/mol. The summed E-state index contributed by atoms with van der Waals surface area (Å²) in [4.78, 5) is 40.7. The first-order chi connectivity index (χ1) is 29.8. The van der Waals surface area contributed by atoms with E-state index in [1.165, 1.54) is 12.1 Å². The molecule has 2 N–H and O–H groups in total. The van der Waals surface area contributed by atoms with Gasteiger partial charge in [0.15, 0.2) is 5.79 Å². The first-order valence-electron chi connectivity index (χ1n) is 22.7. The zero-order valence-corrected chi connectivity index (χ0v) is 38.7. The average Bonchev–Trinajstić information content (AvgIpc) is 3.46. The van der Waals surface area contributed by atoms with Gasteiger partial charge in [0.1, 0.15) is 11.4 Å². The molecule has 2 saturated heterocycles. The number of benzene rings is 3. The first kappa shape index (κ1) is 47.6. The van der Waals surface area contributed by atoms with Crippen LogP contribution in [0.5, 0.6) is 0 Å². The van der Waals surface area contributed by atoms with Gasteiger partial charge in [0, 0.05) is 36.5 Å². The summed E-state index contributed by atoms with van der Waals surface area (Å²) < 4.78 is 41.5. The Kier molecular flexibility index (Phi) is 15.4. The number of carbonyl (C=O) groups excluding carboxylic acids is 3. The number of hydrogen-bond acceptors (Lipinski definition) is 7. The molecule has 0 unspecified atom stereocenters. The van der Waals surface area contributed by atoms with E-state index in [1.807, 2.05) is 95.3 Å². The molecule has 11 heteroatoms. The van der Waals surface area contributed by atoms with E-state index < -0.39 is 11.4 Å². The number of hydrogen-bond donors (Lipinski definition) is 2. The number of carbonyl (C=O) groups is 3. The highest BCUT2D eigenvalue weighted by Crippen LogP contribution is 2.43. The molecular formula is C52H68FN3O7. The van der Waals surface area contributed by atoms with Gasteiger partial charge in [-0.3, -0.25) is 14.4 Å². The number of ether oxygens (including phenoxy) is 4. The van der Waals surface area contributed by atoms with Crippen LogP contribution >= 0.6 is 0 Å². The zero-order chi connectivity index (χ0) is 45.5. The zero-order valence-electron chi connectivity index (χ0n) is 38.7. The molecule has 0 bridgehead atoms. The third-order valence-electron chi connectivity index (χ3n) is 11.7. The van der Waals surface area contributed by atoms with E-state index in [1.54, 1.807) is 12.1 Å². The molecule has 63 heavy (non-hydrogen) atoms. The third kappa shape index (κ3) is 13.3. The van der Waals surface area contributed by atoms with E-state index in [0.717, 1.165) is 53.8 Å². The van der Waals surface area contributed by atoms with Crippen molar-refractivity contribution < 1.29 is 37.7 Å². The van der Waals surface area contributed by atoms with Gasteiger partial charge in [-0.25, -0.2) is 4.39 Å². The minimum absolute atomic E-state index is 0.0606. The van der Waals surface area contributed by atoms with E-state index >= 15 is 0 Å². The summed E-state index contributed by atoms with van der Waals surface area (Å²) >= 11 is 0. The molecule has 0 aliphatic carbocycles. The Labute approximate surface area is 373 Å². The van der Waals surface area contributed by atoms with Gasteiger partial charge in [0.2, 0.25) is 5.91 Å². The summed E-state index contributed by atoms with van der Waals surface area (Å²) in [6.07, 6.45) is 3.92. The van der Waals surface area contributed by atoms with Gasteiger partial charge in [-0.2, -0.15) is 0 Å². The van der Waals surface area contributed by atoms with Crippen molar-refractivity contribution in [1.82, 2.24) is 9.88 Å². The Morgan fingerprint density at radius 1 is 0.810 bits per heavy atom. The molecule has 3 aromatic carbocycles. The van der Waals surface area contributed by atoms with Crippen LogP contribution in [0.4, 0.5) is 10.1 Å². The molecule has 2 amide bonds. The molecule has 1 aromatic heterocycles. The fourth-order valence-corrected chi connectivity index (χ4v) is 9.25. The van der Waals surface area contributed by atoms with Crippen LogP contribution in [0.3, 0.4) is 0 Å². The summed E-state index contributed by atoms with van der Waals surface area (Å²) in [5.74, 6) is -1.61. The topological polar surface area (TPSA) is 117 Å². The molecule has 2 aliphatic rings. The molecule has 6 rings (SSSR count). The third-order valence-corrected chi connectivity index (χ3v) is 11.7. The number of esters is 1. The second-order valence-electron chi connectivity index (χ2n) is 19.7. The number of nitrogens with one attached hydrogen (secondary N) is 2. The van der Waals surface area contributed by atoms with Crippen molar-refractivity contribution in [2.24, 2.45) is 5.92 Å². The maximum Gasteiger partial charge on any atom is 0.308 e. The fraction of sp³-hybridized carbons (Fsp3) is 0.519. The molecule has 0 spiro atoms. The van der Waals surface area contributed by atoms with Crippen LogP contribution in [-0.4, -0.2) is 64.2 Å². The molecule has 4 aromatic rings. The van der Waals surface area contributed by atoms with Crippen molar-refractivity contribution in [2.45, 2.75) is 161 Å². The van der Waals surface area contributed by atoms with Gasteiger partial charge < -0.3 is 34.1 Å². The number of para-hydroxylation sites is 1. The number of amides is 2. The van der Waals surface area contributed by atoms with E-state index in [2.05, 4.69) is 42.9 Å². The maximum atomic E-state index is 14.5. The van der Waals surface area contributed by atoms with E-state index in [0.29, 0.717) is 43.1 Å². The minimum Gasteiger partial charge on any atom is -0.460 e. The number of nitrogens with zero attached hydrogens (tertiary/aromatic N) is 1. The van der Waals surface area contributed by atoms with Gasteiger partial charge in [-0.1, -0.05) is 62.4 Å². The first-order valence-corrected chi connectivity index (χ1v) is 22.7. The van der Waals surface area contributed by atoms with E-state index in [9.17, 15) is 18.8 Å².